The van der Waals surface area contributed by atoms with E-state index in [1.165, 1.54) is 4.31 Å². The molecule has 0 heterocycles. The molecule has 3 rings (SSSR count). The van der Waals surface area contributed by atoms with Gasteiger partial charge in [-0.05, 0) is 60.7 Å². The van der Waals surface area contributed by atoms with Crippen molar-refractivity contribution in [2.75, 3.05) is 23.7 Å². The zero-order valence-electron chi connectivity index (χ0n) is 23.6. The summed E-state index contributed by atoms with van der Waals surface area (Å²) in [5, 5.41) is 3.81. The smallest absolute Gasteiger partial charge is 0.243 e. The number of anilines is 1. The van der Waals surface area contributed by atoms with Gasteiger partial charge in [0.15, 0.2) is 0 Å². The van der Waals surface area contributed by atoms with Gasteiger partial charge in [-0.25, -0.2) is 8.42 Å². The molecule has 0 radical (unpaired) electrons. The van der Waals surface area contributed by atoms with E-state index in [2.05, 4.69) is 5.32 Å². The van der Waals surface area contributed by atoms with Crippen molar-refractivity contribution in [2.24, 2.45) is 0 Å². The molecule has 0 fully saturated rings. The molecular formula is C31H37Cl2N3O4S. The molecule has 220 valence electrons. The van der Waals surface area contributed by atoms with E-state index in [0.717, 1.165) is 23.8 Å². The molecule has 10 heteroatoms. The fourth-order valence-electron chi connectivity index (χ4n) is 4.54. The molecule has 0 saturated carbocycles. The fraction of sp³-hybridized carbons (Fsp3) is 0.355. The Labute approximate surface area is 253 Å². The van der Waals surface area contributed by atoms with Gasteiger partial charge in [-0.3, -0.25) is 13.9 Å². The summed E-state index contributed by atoms with van der Waals surface area (Å²) in [6.07, 6.45) is 2.52. The zero-order valence-corrected chi connectivity index (χ0v) is 26.0. The van der Waals surface area contributed by atoms with Crippen molar-refractivity contribution in [1.29, 1.82) is 0 Å². The summed E-state index contributed by atoms with van der Waals surface area (Å²) >= 11 is 12.6. The van der Waals surface area contributed by atoms with Crippen molar-refractivity contribution in [2.45, 2.75) is 52.1 Å². The molecule has 3 aromatic carbocycles. The van der Waals surface area contributed by atoms with Crippen molar-refractivity contribution < 1.29 is 18.0 Å². The molecule has 2 amide bonds. The summed E-state index contributed by atoms with van der Waals surface area (Å²) in [7, 11) is -3.58. The molecule has 41 heavy (non-hydrogen) atoms. The van der Waals surface area contributed by atoms with E-state index in [1.807, 2.05) is 50.2 Å². The maximum Gasteiger partial charge on any atom is 0.243 e. The summed E-state index contributed by atoms with van der Waals surface area (Å²) in [5.41, 5.74) is 3.04. The van der Waals surface area contributed by atoms with Crippen LogP contribution >= 0.6 is 23.2 Å². The zero-order chi connectivity index (χ0) is 30.0. The number of rotatable bonds is 14. The Kier molecular flexibility index (Phi) is 12.1. The number of carbonyl (C=O) groups excluding carboxylic acids is 2. The maximum absolute atomic E-state index is 13.9. The fourth-order valence-corrected chi connectivity index (χ4v) is 5.97. The van der Waals surface area contributed by atoms with Crippen LogP contribution in [0.3, 0.4) is 0 Å². The lowest BCUT2D eigenvalue weighted by Crippen LogP contribution is -2.50. The molecule has 0 aliphatic heterocycles. The summed E-state index contributed by atoms with van der Waals surface area (Å²) < 4.78 is 26.5. The van der Waals surface area contributed by atoms with Crippen LogP contribution in [-0.4, -0.2) is 50.5 Å². The molecule has 1 N–H and O–H groups in total. The first-order valence-corrected chi connectivity index (χ1v) is 16.2. The van der Waals surface area contributed by atoms with Gasteiger partial charge in [0.1, 0.15) is 6.04 Å². The first-order chi connectivity index (χ1) is 19.5. The van der Waals surface area contributed by atoms with Crippen LogP contribution in [0.5, 0.6) is 0 Å². The molecule has 0 aliphatic carbocycles. The quantitative estimate of drug-likeness (QED) is 0.240. The monoisotopic (exact) mass is 617 g/mol. The molecule has 0 aromatic heterocycles. The van der Waals surface area contributed by atoms with Crippen LogP contribution < -0.4 is 9.62 Å². The number of halogens is 2. The molecule has 3 aromatic rings. The Hall–Kier alpha value is -3.07. The Morgan fingerprint density at radius 1 is 0.976 bits per heavy atom. The average molecular weight is 619 g/mol. The number of sulfonamides is 1. The maximum atomic E-state index is 13.9. The van der Waals surface area contributed by atoms with Crippen LogP contribution in [0.2, 0.25) is 10.0 Å². The highest BCUT2D eigenvalue weighted by Gasteiger charge is 2.31. The van der Waals surface area contributed by atoms with Crippen LogP contribution in [0.25, 0.3) is 0 Å². The lowest BCUT2D eigenvalue weighted by molar-refractivity contribution is -0.141. The second kappa shape index (κ2) is 15.2. The lowest BCUT2D eigenvalue weighted by Gasteiger charge is -2.32. The third-order valence-electron chi connectivity index (χ3n) is 6.62. The van der Waals surface area contributed by atoms with Crippen LogP contribution in [0, 0.1) is 6.92 Å². The predicted octanol–water partition coefficient (Wildman–Crippen LogP) is 6.01. The number of aryl methyl sites for hydroxylation is 1. The van der Waals surface area contributed by atoms with Crippen molar-refractivity contribution in [1.82, 2.24) is 10.2 Å². The number of amides is 2. The molecule has 1 atom stereocenters. The second-order valence-corrected chi connectivity index (χ2v) is 12.8. The molecule has 0 saturated heterocycles. The van der Waals surface area contributed by atoms with Gasteiger partial charge in [-0.2, -0.15) is 0 Å². The highest BCUT2D eigenvalue weighted by Crippen LogP contribution is 2.25. The van der Waals surface area contributed by atoms with Gasteiger partial charge in [0.25, 0.3) is 0 Å². The Morgan fingerprint density at radius 3 is 2.34 bits per heavy atom. The SMILES string of the molecule is CCCNC(=O)[C@@H](Cc1ccccc1)N(Cc1ccc(Cl)cc1Cl)C(=O)CCCN(c1cccc(C)c1)S(C)(=O)=O. The molecule has 0 unspecified atom stereocenters. The number of hydrogen-bond acceptors (Lipinski definition) is 4. The van der Waals surface area contributed by atoms with E-state index in [1.54, 1.807) is 41.3 Å². The summed E-state index contributed by atoms with van der Waals surface area (Å²) in [4.78, 5) is 28.9. The van der Waals surface area contributed by atoms with Crippen LogP contribution in [-0.2, 0) is 32.6 Å². The van der Waals surface area contributed by atoms with Gasteiger partial charge in [0.2, 0.25) is 21.8 Å². The van der Waals surface area contributed by atoms with E-state index in [-0.39, 0.29) is 37.7 Å². The normalized spacial score (nSPS) is 12.0. The number of benzene rings is 3. The van der Waals surface area contributed by atoms with Crippen LogP contribution in [0.15, 0.2) is 72.8 Å². The largest absolute Gasteiger partial charge is 0.354 e. The highest BCUT2D eigenvalue weighted by atomic mass is 35.5. The number of nitrogens with zero attached hydrogens (tertiary/aromatic N) is 2. The number of nitrogens with one attached hydrogen (secondary N) is 1. The lowest BCUT2D eigenvalue weighted by atomic mass is 10.0. The first kappa shape index (κ1) is 32.4. The Bertz CT molecular complexity index is 1430. The Balaban J connectivity index is 1.90. The first-order valence-electron chi connectivity index (χ1n) is 13.6. The van der Waals surface area contributed by atoms with Gasteiger partial charge in [-0.15, -0.1) is 0 Å². The Morgan fingerprint density at radius 2 is 1.71 bits per heavy atom. The van der Waals surface area contributed by atoms with Gasteiger partial charge >= 0.3 is 0 Å². The third kappa shape index (κ3) is 9.76. The van der Waals surface area contributed by atoms with Crippen LogP contribution in [0.4, 0.5) is 5.69 Å². The molecular weight excluding hydrogens is 581 g/mol. The minimum atomic E-state index is -3.58. The van der Waals surface area contributed by atoms with E-state index >= 15 is 0 Å². The second-order valence-electron chi connectivity index (χ2n) is 10.0. The predicted molar refractivity (Wildman–Crippen MR) is 167 cm³/mol. The summed E-state index contributed by atoms with van der Waals surface area (Å²) in [6, 6.07) is 21.0. The molecule has 0 bridgehead atoms. The van der Waals surface area contributed by atoms with Crippen molar-refractivity contribution in [3.8, 4) is 0 Å². The number of carbonyl (C=O) groups is 2. The van der Waals surface area contributed by atoms with Gasteiger partial charge in [0, 0.05) is 42.5 Å². The average Bonchev–Trinajstić information content (AvgIpc) is 2.92. The minimum Gasteiger partial charge on any atom is -0.354 e. The number of hydrogen-bond donors (Lipinski definition) is 1. The van der Waals surface area contributed by atoms with E-state index in [4.69, 9.17) is 23.2 Å². The van der Waals surface area contributed by atoms with E-state index in [9.17, 15) is 18.0 Å². The third-order valence-corrected chi connectivity index (χ3v) is 8.40. The molecule has 0 aliphatic rings. The summed E-state index contributed by atoms with van der Waals surface area (Å²) in [5.74, 6) is -0.534. The molecule has 7 nitrogen and oxygen atoms in total. The standard InChI is InChI=1S/C31H37Cl2N3O4S/c1-4-17-34-31(38)29(20-24-11-6-5-7-12-24)35(22-25-15-16-26(32)21-28(25)33)30(37)14-9-18-36(41(3,39)40)27-13-8-10-23(2)19-27/h5-8,10-13,15-16,19,21,29H,4,9,14,17-18,20,22H2,1-3H3,(H,34,38)/t29-/m1/s1. The van der Waals surface area contributed by atoms with Crippen molar-refractivity contribution in [3.05, 3.63) is 99.5 Å². The highest BCUT2D eigenvalue weighted by molar-refractivity contribution is 7.92. The minimum absolute atomic E-state index is 0.0371. The van der Waals surface area contributed by atoms with Gasteiger partial charge in [-0.1, -0.05) is 78.7 Å². The van der Waals surface area contributed by atoms with Gasteiger partial charge in [0.05, 0.1) is 11.9 Å². The van der Waals surface area contributed by atoms with Crippen molar-refractivity contribution in [3.63, 3.8) is 0 Å². The van der Waals surface area contributed by atoms with Crippen LogP contribution in [0.1, 0.15) is 42.9 Å². The molecule has 0 spiro atoms. The van der Waals surface area contributed by atoms with E-state index < -0.39 is 16.1 Å². The van der Waals surface area contributed by atoms with E-state index in [0.29, 0.717) is 34.3 Å². The van der Waals surface area contributed by atoms with Gasteiger partial charge < -0.3 is 10.2 Å². The van der Waals surface area contributed by atoms with Crippen molar-refractivity contribution >= 4 is 50.7 Å². The summed E-state index contributed by atoms with van der Waals surface area (Å²) in [6.45, 7) is 4.55. The topological polar surface area (TPSA) is 86.8 Å².